The van der Waals surface area contributed by atoms with Crippen LogP contribution >= 0.6 is 0 Å². The summed E-state index contributed by atoms with van der Waals surface area (Å²) >= 11 is 0. The molecule has 10 nitrogen and oxygen atoms in total. The Morgan fingerprint density at radius 1 is 1.11 bits per heavy atom. The zero-order valence-corrected chi connectivity index (χ0v) is 21.1. The molecule has 2 aromatic rings. The number of aromatic hydroxyl groups is 1. The van der Waals surface area contributed by atoms with Crippen LogP contribution in [0.5, 0.6) is 11.5 Å². The molecular weight excluding hydrogens is 492 g/mol. The first-order chi connectivity index (χ1) is 17.9. The van der Waals surface area contributed by atoms with Crippen LogP contribution in [0.1, 0.15) is 28.8 Å². The van der Waals surface area contributed by atoms with E-state index in [0.717, 1.165) is 0 Å². The first kappa shape index (κ1) is 25.3. The normalized spacial score (nSPS) is 24.5. The van der Waals surface area contributed by atoms with E-state index in [-0.39, 0.29) is 36.1 Å². The van der Waals surface area contributed by atoms with Gasteiger partial charge in [-0.25, -0.2) is 0 Å². The summed E-state index contributed by atoms with van der Waals surface area (Å²) in [6.07, 6.45) is 0.0483. The maximum absolute atomic E-state index is 14.0. The van der Waals surface area contributed by atoms with Crippen LogP contribution in [0, 0.1) is 11.8 Å². The van der Waals surface area contributed by atoms with E-state index >= 15 is 0 Å². The smallest absolute Gasteiger partial charge is 0.255 e. The topological polar surface area (TPSA) is 171 Å². The minimum absolute atomic E-state index is 0.0290. The maximum atomic E-state index is 14.0. The third-order valence-electron chi connectivity index (χ3n) is 7.92. The zero-order chi connectivity index (χ0) is 27.7. The third-order valence-corrected chi connectivity index (χ3v) is 7.92. The number of anilines is 1. The summed E-state index contributed by atoms with van der Waals surface area (Å²) in [6, 6.07) is 8.71. The summed E-state index contributed by atoms with van der Waals surface area (Å²) in [6.45, 7) is 0. The fraction of sp³-hybridized carbons (Fsp3) is 0.321. The predicted octanol–water partition coefficient (Wildman–Crippen LogP) is 2.32. The third kappa shape index (κ3) is 3.40. The number of fused-ring (bicyclic) bond motifs is 3. The number of methoxy groups -OCH3 is 1. The molecule has 2 aromatic carbocycles. The highest BCUT2D eigenvalue weighted by atomic mass is 16.5. The Bertz CT molecular complexity index is 1470. The lowest BCUT2D eigenvalue weighted by Crippen LogP contribution is -2.57. The number of carbonyl (C=O) groups is 3. The lowest BCUT2D eigenvalue weighted by molar-refractivity contribution is -0.144. The molecule has 0 saturated heterocycles. The van der Waals surface area contributed by atoms with Crippen LogP contribution in [-0.2, 0) is 16.0 Å². The van der Waals surface area contributed by atoms with Crippen LogP contribution < -0.4 is 15.4 Å². The highest BCUT2D eigenvalue weighted by Crippen LogP contribution is 2.53. The average molecular weight is 521 g/mol. The fourth-order valence-corrected chi connectivity index (χ4v) is 6.06. The number of phenols is 1. The second kappa shape index (κ2) is 8.63. The SMILES string of the molecule is COc1ccc(-c2cc(N(C)C)c3c(c2O)C(=O)C2=C(O)[C@]4(O)C(=O)C(C(N)=O)=C(O)C[C@@H]4C[C@@H]2C3)cc1. The molecule has 1 amide bonds. The van der Waals surface area contributed by atoms with E-state index < -0.39 is 52.0 Å². The lowest BCUT2D eigenvalue weighted by Gasteiger charge is -2.46. The molecule has 0 saturated carbocycles. The van der Waals surface area contributed by atoms with Crippen molar-refractivity contribution in [3.8, 4) is 22.6 Å². The van der Waals surface area contributed by atoms with Crippen molar-refractivity contribution in [2.24, 2.45) is 17.6 Å². The highest BCUT2D eigenvalue weighted by Gasteiger charge is 2.59. The first-order valence-corrected chi connectivity index (χ1v) is 12.1. The van der Waals surface area contributed by atoms with E-state index in [1.807, 2.05) is 19.0 Å². The summed E-state index contributed by atoms with van der Waals surface area (Å²) < 4.78 is 5.21. The minimum atomic E-state index is -2.59. The van der Waals surface area contributed by atoms with Crippen LogP contribution in [0.25, 0.3) is 11.1 Å². The number of primary amides is 1. The Kier molecular flexibility index (Phi) is 5.75. The zero-order valence-electron chi connectivity index (χ0n) is 21.1. The number of hydrogen-bond acceptors (Lipinski definition) is 9. The number of aliphatic hydroxyl groups excluding tert-OH is 2. The molecule has 6 N–H and O–H groups in total. The number of ketones is 2. The molecular formula is C28H28N2O8. The highest BCUT2D eigenvalue weighted by molar-refractivity contribution is 6.24. The van der Waals surface area contributed by atoms with Crippen molar-refractivity contribution in [3.05, 3.63) is 64.1 Å². The number of hydrogen-bond donors (Lipinski definition) is 5. The van der Waals surface area contributed by atoms with Crippen molar-refractivity contribution in [2.45, 2.75) is 24.9 Å². The Morgan fingerprint density at radius 3 is 2.34 bits per heavy atom. The van der Waals surface area contributed by atoms with Crippen LogP contribution in [0.4, 0.5) is 5.69 Å². The van der Waals surface area contributed by atoms with Gasteiger partial charge in [-0.2, -0.15) is 0 Å². The number of Topliss-reactive ketones (excluding diaryl/α,β-unsaturated/α-hetero) is 2. The molecule has 0 unspecified atom stereocenters. The van der Waals surface area contributed by atoms with Gasteiger partial charge in [0.15, 0.2) is 11.4 Å². The van der Waals surface area contributed by atoms with Crippen molar-refractivity contribution in [1.82, 2.24) is 0 Å². The van der Waals surface area contributed by atoms with Crippen LogP contribution in [-0.4, -0.2) is 64.7 Å². The summed E-state index contributed by atoms with van der Waals surface area (Å²) in [5.41, 5.74) is 3.91. The molecule has 0 aliphatic heterocycles. The number of carbonyl (C=O) groups excluding carboxylic acids is 3. The van der Waals surface area contributed by atoms with E-state index in [0.29, 0.717) is 28.1 Å². The van der Waals surface area contributed by atoms with Crippen molar-refractivity contribution in [2.75, 3.05) is 26.1 Å². The van der Waals surface area contributed by atoms with Crippen molar-refractivity contribution >= 4 is 23.2 Å². The fourth-order valence-electron chi connectivity index (χ4n) is 6.06. The molecule has 0 spiro atoms. The van der Waals surface area contributed by atoms with Crippen LogP contribution in [0.3, 0.4) is 0 Å². The molecule has 0 radical (unpaired) electrons. The molecule has 0 fully saturated rings. The van der Waals surface area contributed by atoms with Gasteiger partial charge in [-0.1, -0.05) is 12.1 Å². The summed E-state index contributed by atoms with van der Waals surface area (Å²) in [7, 11) is 5.16. The Balaban J connectivity index is 1.71. The number of rotatable bonds is 4. The number of benzene rings is 2. The van der Waals surface area contributed by atoms with Gasteiger partial charge in [0.05, 0.1) is 12.7 Å². The number of nitrogens with zero attached hydrogens (tertiary/aromatic N) is 1. The average Bonchev–Trinajstić information content (AvgIpc) is 2.86. The monoisotopic (exact) mass is 520 g/mol. The molecule has 10 heteroatoms. The van der Waals surface area contributed by atoms with Gasteiger partial charge in [0.1, 0.15) is 28.6 Å². The quantitative estimate of drug-likeness (QED) is 0.380. The summed E-state index contributed by atoms with van der Waals surface area (Å²) in [5.74, 6) is -5.87. The summed E-state index contributed by atoms with van der Waals surface area (Å²) in [4.78, 5) is 40.7. The van der Waals surface area contributed by atoms with Crippen LogP contribution in [0.2, 0.25) is 0 Å². The summed E-state index contributed by atoms with van der Waals surface area (Å²) in [5, 5.41) is 44.3. The minimum Gasteiger partial charge on any atom is -0.511 e. The Labute approximate surface area is 218 Å². The van der Waals surface area contributed by atoms with Crippen molar-refractivity contribution in [3.63, 3.8) is 0 Å². The number of allylic oxidation sites excluding steroid dienone is 2. The molecule has 5 rings (SSSR count). The molecule has 3 aliphatic rings. The van der Waals surface area contributed by atoms with E-state index in [4.69, 9.17) is 10.5 Å². The molecule has 198 valence electrons. The van der Waals surface area contributed by atoms with Gasteiger partial charge in [-0.15, -0.1) is 0 Å². The van der Waals surface area contributed by atoms with Crippen LogP contribution in [0.15, 0.2) is 53.0 Å². The van der Waals surface area contributed by atoms with Crippen molar-refractivity contribution in [1.29, 1.82) is 0 Å². The van der Waals surface area contributed by atoms with Gasteiger partial charge in [0.2, 0.25) is 5.78 Å². The Hall–Kier alpha value is -4.31. The molecule has 3 aliphatic carbocycles. The maximum Gasteiger partial charge on any atom is 0.255 e. The predicted molar refractivity (Wildman–Crippen MR) is 137 cm³/mol. The van der Waals surface area contributed by atoms with Gasteiger partial charge in [-0.3, -0.25) is 14.4 Å². The van der Waals surface area contributed by atoms with E-state index in [1.54, 1.807) is 30.3 Å². The van der Waals surface area contributed by atoms with Gasteiger partial charge in [-0.05, 0) is 48.1 Å². The number of nitrogens with two attached hydrogens (primary N) is 1. The van der Waals surface area contributed by atoms with Gasteiger partial charge in [0, 0.05) is 43.3 Å². The molecule has 0 heterocycles. The molecule has 0 bridgehead atoms. The van der Waals surface area contributed by atoms with Gasteiger partial charge >= 0.3 is 0 Å². The van der Waals surface area contributed by atoms with E-state index in [2.05, 4.69) is 0 Å². The lowest BCUT2D eigenvalue weighted by atomic mass is 9.60. The standard InChI is InChI=1S/C28H28N2O8/c1-30(2)18-11-16(12-4-6-15(38-3)7-5-12)23(32)21-17(18)9-13-8-14-10-19(31)22(27(29)36)26(35)28(14,37)25(34)20(13)24(21)33/h4-7,11,13-14,31-32,34,37H,8-10H2,1-3H3,(H2,29,36)/t13-,14+,28+/m1/s1. The Morgan fingerprint density at radius 2 is 1.76 bits per heavy atom. The van der Waals surface area contributed by atoms with E-state index in [1.165, 1.54) is 7.11 Å². The second-order valence-corrected chi connectivity index (χ2v) is 10.2. The number of aliphatic hydroxyl groups is 3. The first-order valence-electron chi connectivity index (χ1n) is 12.1. The van der Waals surface area contributed by atoms with Crippen molar-refractivity contribution < 1.29 is 39.5 Å². The number of amides is 1. The van der Waals surface area contributed by atoms with Gasteiger partial charge in [0.25, 0.3) is 5.91 Å². The number of ether oxygens (including phenoxy) is 1. The second-order valence-electron chi connectivity index (χ2n) is 10.2. The molecule has 0 aromatic heterocycles. The van der Waals surface area contributed by atoms with E-state index in [9.17, 15) is 34.8 Å². The van der Waals surface area contributed by atoms with Gasteiger partial charge < -0.3 is 35.8 Å². The largest absolute Gasteiger partial charge is 0.511 e. The molecule has 38 heavy (non-hydrogen) atoms. The number of phenolic OH excluding ortho intramolecular Hbond substituents is 1. The molecule has 3 atom stereocenters.